The molecule has 0 aliphatic heterocycles. The summed E-state index contributed by atoms with van der Waals surface area (Å²) < 4.78 is 7.43. The third kappa shape index (κ3) is 4.09. The van der Waals surface area contributed by atoms with Gasteiger partial charge >= 0.3 is 0 Å². The minimum atomic E-state index is 0.679. The molecular formula is C21H24ClN3O. The van der Waals surface area contributed by atoms with Crippen molar-refractivity contribution in [3.05, 3.63) is 81.6 Å². The molecule has 0 amide bonds. The Hall–Kier alpha value is -2.30. The lowest BCUT2D eigenvalue weighted by molar-refractivity contribution is 0.407. The second kappa shape index (κ2) is 8.39. The smallest absolute Gasteiger partial charge is 0.123 e. The first-order valence-corrected chi connectivity index (χ1v) is 9.07. The number of hydrogen-bond acceptors (Lipinski definition) is 3. The van der Waals surface area contributed by atoms with E-state index in [4.69, 9.17) is 21.4 Å². The summed E-state index contributed by atoms with van der Waals surface area (Å²) in [6.45, 7) is 6.35. The van der Waals surface area contributed by atoms with Gasteiger partial charge in [-0.1, -0.05) is 48.0 Å². The molecule has 26 heavy (non-hydrogen) atoms. The van der Waals surface area contributed by atoms with E-state index in [1.54, 1.807) is 7.11 Å². The van der Waals surface area contributed by atoms with E-state index in [-0.39, 0.29) is 0 Å². The van der Waals surface area contributed by atoms with E-state index < -0.39 is 0 Å². The van der Waals surface area contributed by atoms with Crippen molar-refractivity contribution in [3.8, 4) is 5.75 Å². The molecular weight excluding hydrogens is 346 g/mol. The second-order valence-corrected chi connectivity index (χ2v) is 6.72. The van der Waals surface area contributed by atoms with Crippen LogP contribution in [-0.2, 0) is 19.6 Å². The number of hydrogen-bond donors (Lipinski definition) is 1. The molecule has 3 rings (SSSR count). The van der Waals surface area contributed by atoms with Gasteiger partial charge in [-0.3, -0.25) is 4.68 Å². The van der Waals surface area contributed by atoms with Gasteiger partial charge in [-0.2, -0.15) is 5.10 Å². The first-order valence-electron chi connectivity index (χ1n) is 8.69. The maximum Gasteiger partial charge on any atom is 0.123 e. The zero-order chi connectivity index (χ0) is 18.5. The van der Waals surface area contributed by atoms with E-state index in [0.29, 0.717) is 6.54 Å². The summed E-state index contributed by atoms with van der Waals surface area (Å²) >= 11 is 6.29. The van der Waals surface area contributed by atoms with Crippen LogP contribution in [0.5, 0.6) is 5.75 Å². The van der Waals surface area contributed by atoms with E-state index in [0.717, 1.165) is 46.4 Å². The van der Waals surface area contributed by atoms with Crippen LogP contribution < -0.4 is 10.1 Å². The fourth-order valence-electron chi connectivity index (χ4n) is 3.10. The number of rotatable bonds is 7. The molecule has 136 valence electrons. The fraction of sp³-hybridized carbons (Fsp3) is 0.286. The summed E-state index contributed by atoms with van der Waals surface area (Å²) in [4.78, 5) is 0. The number of aromatic nitrogens is 2. The minimum Gasteiger partial charge on any atom is -0.496 e. The van der Waals surface area contributed by atoms with Gasteiger partial charge in [-0.05, 0) is 31.5 Å². The van der Waals surface area contributed by atoms with Crippen LogP contribution in [0.2, 0.25) is 5.02 Å². The normalized spacial score (nSPS) is 10.9. The minimum absolute atomic E-state index is 0.679. The summed E-state index contributed by atoms with van der Waals surface area (Å²) in [6, 6.07) is 16.0. The van der Waals surface area contributed by atoms with Gasteiger partial charge in [0.05, 0.1) is 19.3 Å². The molecule has 0 unspecified atom stereocenters. The Morgan fingerprint density at radius 2 is 1.69 bits per heavy atom. The van der Waals surface area contributed by atoms with Crippen molar-refractivity contribution < 1.29 is 4.74 Å². The van der Waals surface area contributed by atoms with Crippen molar-refractivity contribution in [1.29, 1.82) is 0 Å². The Kier molecular flexibility index (Phi) is 5.96. The van der Waals surface area contributed by atoms with Crippen molar-refractivity contribution in [1.82, 2.24) is 15.1 Å². The van der Waals surface area contributed by atoms with Gasteiger partial charge < -0.3 is 10.1 Å². The van der Waals surface area contributed by atoms with Crippen LogP contribution in [0.3, 0.4) is 0 Å². The molecule has 2 aromatic carbocycles. The molecule has 0 radical (unpaired) electrons. The van der Waals surface area contributed by atoms with Crippen LogP contribution in [-0.4, -0.2) is 16.9 Å². The van der Waals surface area contributed by atoms with Crippen LogP contribution in [0, 0.1) is 13.8 Å². The molecule has 0 aliphatic carbocycles. The van der Waals surface area contributed by atoms with Gasteiger partial charge in [0.15, 0.2) is 0 Å². The quantitative estimate of drug-likeness (QED) is 0.666. The molecule has 3 aromatic rings. The Morgan fingerprint density at radius 3 is 2.42 bits per heavy atom. The predicted molar refractivity (Wildman–Crippen MR) is 106 cm³/mol. The number of nitrogens with zero attached hydrogens (tertiary/aromatic N) is 2. The Balaban J connectivity index is 1.69. The molecule has 0 saturated heterocycles. The van der Waals surface area contributed by atoms with E-state index in [2.05, 4.69) is 25.2 Å². The highest BCUT2D eigenvalue weighted by atomic mass is 35.5. The number of para-hydroxylation sites is 1. The fourth-order valence-corrected chi connectivity index (χ4v) is 3.30. The lowest BCUT2D eigenvalue weighted by Gasteiger charge is -2.10. The highest BCUT2D eigenvalue weighted by Crippen LogP contribution is 2.20. The van der Waals surface area contributed by atoms with Gasteiger partial charge in [0, 0.05) is 34.9 Å². The molecule has 0 bridgehead atoms. The van der Waals surface area contributed by atoms with Crippen molar-refractivity contribution >= 4 is 11.6 Å². The summed E-state index contributed by atoms with van der Waals surface area (Å²) in [7, 11) is 1.70. The molecule has 1 heterocycles. The van der Waals surface area contributed by atoms with Crippen LogP contribution >= 0.6 is 11.6 Å². The Bertz CT molecular complexity index is 889. The number of ether oxygens (including phenoxy) is 1. The van der Waals surface area contributed by atoms with E-state index in [9.17, 15) is 0 Å². The topological polar surface area (TPSA) is 39.1 Å². The number of nitrogens with one attached hydrogen (secondary N) is 1. The molecule has 0 aliphatic rings. The molecule has 1 aromatic heterocycles. The van der Waals surface area contributed by atoms with Crippen molar-refractivity contribution in [2.75, 3.05) is 7.11 Å². The molecule has 0 fully saturated rings. The zero-order valence-corrected chi connectivity index (χ0v) is 16.2. The number of aryl methyl sites for hydroxylation is 1. The van der Waals surface area contributed by atoms with E-state index >= 15 is 0 Å². The highest BCUT2D eigenvalue weighted by molar-refractivity contribution is 6.31. The third-order valence-corrected chi connectivity index (χ3v) is 4.99. The van der Waals surface area contributed by atoms with Crippen LogP contribution in [0.4, 0.5) is 0 Å². The second-order valence-electron chi connectivity index (χ2n) is 6.31. The largest absolute Gasteiger partial charge is 0.496 e. The standard InChI is InChI=1S/C21H24ClN3O/c1-15-19(13-23-12-17-8-5-7-11-21(17)26-3)16(2)25(24-15)14-18-9-4-6-10-20(18)22/h4-11,23H,12-14H2,1-3H3. The van der Waals surface area contributed by atoms with E-state index in [1.165, 1.54) is 5.56 Å². The van der Waals surface area contributed by atoms with Gasteiger partial charge in [-0.15, -0.1) is 0 Å². The Labute approximate surface area is 159 Å². The lowest BCUT2D eigenvalue weighted by atomic mass is 10.1. The van der Waals surface area contributed by atoms with Gasteiger partial charge in [0.1, 0.15) is 5.75 Å². The Morgan fingerprint density at radius 1 is 1.00 bits per heavy atom. The van der Waals surface area contributed by atoms with Crippen LogP contribution in [0.25, 0.3) is 0 Å². The number of benzene rings is 2. The number of methoxy groups -OCH3 is 1. The first kappa shape index (κ1) is 18.5. The van der Waals surface area contributed by atoms with Gasteiger partial charge in [0.2, 0.25) is 0 Å². The predicted octanol–water partition coefficient (Wildman–Crippen LogP) is 4.50. The molecule has 0 spiro atoms. The summed E-state index contributed by atoms with van der Waals surface area (Å²) in [5, 5.41) is 8.98. The van der Waals surface area contributed by atoms with Crippen molar-refractivity contribution in [2.45, 2.75) is 33.5 Å². The summed E-state index contributed by atoms with van der Waals surface area (Å²) in [5.74, 6) is 0.905. The monoisotopic (exact) mass is 369 g/mol. The molecule has 0 saturated carbocycles. The average molecular weight is 370 g/mol. The molecule has 4 nitrogen and oxygen atoms in total. The SMILES string of the molecule is COc1ccccc1CNCc1c(C)nn(Cc2ccccc2Cl)c1C. The first-order chi connectivity index (χ1) is 12.6. The molecule has 5 heteroatoms. The summed E-state index contributed by atoms with van der Waals surface area (Å²) in [5.41, 5.74) is 5.66. The third-order valence-electron chi connectivity index (χ3n) is 4.62. The number of halogens is 1. The summed E-state index contributed by atoms with van der Waals surface area (Å²) in [6.07, 6.45) is 0. The van der Waals surface area contributed by atoms with Gasteiger partial charge in [0.25, 0.3) is 0 Å². The zero-order valence-electron chi connectivity index (χ0n) is 15.4. The average Bonchev–Trinajstić information content (AvgIpc) is 2.91. The maximum absolute atomic E-state index is 6.29. The van der Waals surface area contributed by atoms with E-state index in [1.807, 2.05) is 47.1 Å². The molecule has 1 N–H and O–H groups in total. The lowest BCUT2D eigenvalue weighted by Crippen LogP contribution is -2.14. The van der Waals surface area contributed by atoms with Crippen LogP contribution in [0.15, 0.2) is 48.5 Å². The highest BCUT2D eigenvalue weighted by Gasteiger charge is 2.12. The van der Waals surface area contributed by atoms with Gasteiger partial charge in [-0.25, -0.2) is 0 Å². The maximum atomic E-state index is 6.29. The van der Waals surface area contributed by atoms with Crippen molar-refractivity contribution in [2.24, 2.45) is 0 Å². The molecule has 0 atom stereocenters. The van der Waals surface area contributed by atoms with Crippen LogP contribution in [0.1, 0.15) is 28.1 Å². The van der Waals surface area contributed by atoms with Crippen molar-refractivity contribution in [3.63, 3.8) is 0 Å².